The first-order valence-electron chi connectivity index (χ1n) is 8.32. The van der Waals surface area contributed by atoms with Crippen molar-refractivity contribution in [2.75, 3.05) is 5.32 Å². The minimum absolute atomic E-state index is 0.128. The van der Waals surface area contributed by atoms with Crippen LogP contribution in [0.4, 0.5) is 10.5 Å². The first-order chi connectivity index (χ1) is 11.2. The van der Waals surface area contributed by atoms with Crippen molar-refractivity contribution >= 4 is 17.7 Å². The van der Waals surface area contributed by atoms with Crippen molar-refractivity contribution in [3.8, 4) is 0 Å². The Labute approximate surface area is 142 Å². The number of alkyl carbamates (subject to hydrolysis) is 1. The molecule has 1 aliphatic carbocycles. The second-order valence-electron chi connectivity index (χ2n) is 7.23. The molecule has 1 saturated carbocycles. The first kappa shape index (κ1) is 18.1. The summed E-state index contributed by atoms with van der Waals surface area (Å²) >= 11 is 0. The number of carboxylic acid groups (broad SMARTS) is 1. The third kappa shape index (κ3) is 5.76. The van der Waals surface area contributed by atoms with E-state index in [1.807, 2.05) is 26.8 Å². The maximum Gasteiger partial charge on any atom is 0.407 e. The molecule has 1 amide bonds. The van der Waals surface area contributed by atoms with E-state index in [-0.39, 0.29) is 23.7 Å². The van der Waals surface area contributed by atoms with Crippen LogP contribution in [0.5, 0.6) is 0 Å². The van der Waals surface area contributed by atoms with Crippen LogP contribution in [0.1, 0.15) is 56.8 Å². The van der Waals surface area contributed by atoms with Gasteiger partial charge in [-0.25, -0.2) is 9.59 Å². The maximum absolute atomic E-state index is 11.8. The quantitative estimate of drug-likeness (QED) is 0.782. The molecule has 0 aromatic heterocycles. The van der Waals surface area contributed by atoms with E-state index in [1.54, 1.807) is 18.2 Å². The van der Waals surface area contributed by atoms with Crippen LogP contribution in [0.25, 0.3) is 0 Å². The second kappa shape index (κ2) is 7.55. The minimum atomic E-state index is -0.927. The van der Waals surface area contributed by atoms with E-state index in [4.69, 9.17) is 9.84 Å². The van der Waals surface area contributed by atoms with Gasteiger partial charge in [0, 0.05) is 17.8 Å². The molecule has 1 aromatic carbocycles. The molecule has 3 N–H and O–H groups in total. The minimum Gasteiger partial charge on any atom is -0.478 e. The van der Waals surface area contributed by atoms with Crippen LogP contribution < -0.4 is 10.6 Å². The molecule has 0 aliphatic heterocycles. The number of ether oxygens (including phenoxy) is 1. The fourth-order valence-electron chi connectivity index (χ4n) is 2.83. The van der Waals surface area contributed by atoms with Gasteiger partial charge in [0.25, 0.3) is 0 Å². The fraction of sp³-hybridized carbons (Fsp3) is 0.556. The lowest BCUT2D eigenvalue weighted by Gasteiger charge is -2.31. The van der Waals surface area contributed by atoms with E-state index < -0.39 is 11.6 Å². The molecule has 0 spiro atoms. The molecular formula is C18H26N2O4. The number of rotatable bonds is 4. The standard InChI is InChI=1S/C18H26N2O4/c1-18(2,3)24-17(23)20-14-9-7-13(8-10-14)19-15-6-4-5-12(11-15)16(21)22/h4-6,11,13-14,19H,7-10H2,1-3H3,(H,20,23)(H,21,22). The van der Waals surface area contributed by atoms with E-state index >= 15 is 0 Å². The van der Waals surface area contributed by atoms with Gasteiger partial charge in [-0.3, -0.25) is 0 Å². The van der Waals surface area contributed by atoms with Crippen molar-refractivity contribution in [2.24, 2.45) is 0 Å². The first-order valence-corrected chi connectivity index (χ1v) is 8.32. The van der Waals surface area contributed by atoms with E-state index in [9.17, 15) is 9.59 Å². The Bertz CT molecular complexity index is 587. The van der Waals surface area contributed by atoms with Crippen molar-refractivity contribution in [1.82, 2.24) is 5.32 Å². The lowest BCUT2D eigenvalue weighted by Crippen LogP contribution is -2.42. The molecule has 0 atom stereocenters. The number of carbonyl (C=O) groups excluding carboxylic acids is 1. The predicted molar refractivity (Wildman–Crippen MR) is 92.4 cm³/mol. The summed E-state index contributed by atoms with van der Waals surface area (Å²) in [6, 6.07) is 7.25. The lowest BCUT2D eigenvalue weighted by atomic mass is 9.91. The third-order valence-electron chi connectivity index (χ3n) is 3.93. The molecule has 0 heterocycles. The number of nitrogens with one attached hydrogen (secondary N) is 2. The number of amides is 1. The number of anilines is 1. The molecule has 0 unspecified atom stereocenters. The Hall–Kier alpha value is -2.24. The van der Waals surface area contributed by atoms with Gasteiger partial charge in [0.05, 0.1) is 5.56 Å². The largest absolute Gasteiger partial charge is 0.478 e. The number of benzene rings is 1. The topological polar surface area (TPSA) is 87.7 Å². The summed E-state index contributed by atoms with van der Waals surface area (Å²) in [5.74, 6) is -0.927. The van der Waals surface area contributed by atoms with Crippen LogP contribution in [0.3, 0.4) is 0 Å². The number of carbonyl (C=O) groups is 2. The normalized spacial score (nSPS) is 21.0. The van der Waals surface area contributed by atoms with Gasteiger partial charge in [0.15, 0.2) is 0 Å². The summed E-state index contributed by atoms with van der Waals surface area (Å²) in [7, 11) is 0. The molecule has 0 saturated heterocycles. The predicted octanol–water partition coefficient (Wildman–Crippen LogP) is 3.63. The smallest absolute Gasteiger partial charge is 0.407 e. The number of hydrogen-bond acceptors (Lipinski definition) is 4. The molecule has 2 rings (SSSR count). The van der Waals surface area contributed by atoms with Crippen molar-refractivity contribution in [3.05, 3.63) is 29.8 Å². The molecule has 6 nitrogen and oxygen atoms in total. The summed E-state index contributed by atoms with van der Waals surface area (Å²) in [5.41, 5.74) is 0.608. The highest BCUT2D eigenvalue weighted by atomic mass is 16.6. The Morgan fingerprint density at radius 1 is 1.12 bits per heavy atom. The molecule has 132 valence electrons. The number of aromatic carboxylic acids is 1. The van der Waals surface area contributed by atoms with Crippen LogP contribution in [-0.2, 0) is 4.74 Å². The van der Waals surface area contributed by atoms with Crippen LogP contribution in [-0.4, -0.2) is 34.9 Å². The average molecular weight is 334 g/mol. The summed E-state index contributed by atoms with van der Waals surface area (Å²) in [6.45, 7) is 5.54. The van der Waals surface area contributed by atoms with E-state index in [1.165, 1.54) is 0 Å². The third-order valence-corrected chi connectivity index (χ3v) is 3.93. The van der Waals surface area contributed by atoms with Gasteiger partial charge in [-0.2, -0.15) is 0 Å². The summed E-state index contributed by atoms with van der Waals surface area (Å²) in [5, 5.41) is 15.3. The Morgan fingerprint density at radius 3 is 2.33 bits per heavy atom. The van der Waals surface area contributed by atoms with Crippen LogP contribution in [0.2, 0.25) is 0 Å². The fourth-order valence-corrected chi connectivity index (χ4v) is 2.83. The summed E-state index contributed by atoms with van der Waals surface area (Å²) < 4.78 is 5.28. The highest BCUT2D eigenvalue weighted by Gasteiger charge is 2.24. The van der Waals surface area contributed by atoms with Gasteiger partial charge in [-0.15, -0.1) is 0 Å². The molecular weight excluding hydrogens is 308 g/mol. The van der Waals surface area contributed by atoms with Crippen LogP contribution in [0.15, 0.2) is 24.3 Å². The van der Waals surface area contributed by atoms with Gasteiger partial charge < -0.3 is 20.5 Å². The zero-order chi connectivity index (χ0) is 17.7. The lowest BCUT2D eigenvalue weighted by molar-refractivity contribution is 0.0491. The zero-order valence-corrected chi connectivity index (χ0v) is 14.5. The van der Waals surface area contributed by atoms with Crippen molar-refractivity contribution in [3.63, 3.8) is 0 Å². The molecule has 1 fully saturated rings. The second-order valence-corrected chi connectivity index (χ2v) is 7.23. The maximum atomic E-state index is 11.8. The van der Waals surface area contributed by atoms with E-state index in [0.29, 0.717) is 0 Å². The Kier molecular flexibility index (Phi) is 5.70. The Morgan fingerprint density at radius 2 is 1.75 bits per heavy atom. The van der Waals surface area contributed by atoms with E-state index in [2.05, 4.69) is 10.6 Å². The Balaban J connectivity index is 1.80. The van der Waals surface area contributed by atoms with Gasteiger partial charge in [-0.1, -0.05) is 6.07 Å². The van der Waals surface area contributed by atoms with Gasteiger partial charge in [-0.05, 0) is 64.7 Å². The summed E-state index contributed by atoms with van der Waals surface area (Å²) in [4.78, 5) is 22.8. The zero-order valence-electron chi connectivity index (χ0n) is 14.5. The van der Waals surface area contributed by atoms with Crippen molar-refractivity contribution in [2.45, 2.75) is 64.1 Å². The molecule has 0 radical (unpaired) electrons. The van der Waals surface area contributed by atoms with Crippen molar-refractivity contribution in [1.29, 1.82) is 0 Å². The number of carboxylic acids is 1. The molecule has 6 heteroatoms. The molecule has 1 aromatic rings. The molecule has 24 heavy (non-hydrogen) atoms. The molecule has 0 bridgehead atoms. The van der Waals surface area contributed by atoms with Crippen LogP contribution in [0, 0.1) is 0 Å². The highest BCUT2D eigenvalue weighted by Crippen LogP contribution is 2.23. The molecule has 1 aliphatic rings. The van der Waals surface area contributed by atoms with Crippen LogP contribution >= 0.6 is 0 Å². The highest BCUT2D eigenvalue weighted by molar-refractivity contribution is 5.88. The van der Waals surface area contributed by atoms with Gasteiger partial charge in [0.2, 0.25) is 0 Å². The number of hydrogen-bond donors (Lipinski definition) is 3. The van der Waals surface area contributed by atoms with E-state index in [0.717, 1.165) is 31.4 Å². The summed E-state index contributed by atoms with van der Waals surface area (Å²) in [6.07, 6.45) is 3.20. The van der Waals surface area contributed by atoms with Gasteiger partial charge in [0.1, 0.15) is 5.60 Å². The monoisotopic (exact) mass is 334 g/mol. The van der Waals surface area contributed by atoms with Crippen molar-refractivity contribution < 1.29 is 19.4 Å². The SMILES string of the molecule is CC(C)(C)OC(=O)NC1CCC(Nc2cccc(C(=O)O)c2)CC1. The average Bonchev–Trinajstić information content (AvgIpc) is 2.47. The van der Waals surface area contributed by atoms with Gasteiger partial charge >= 0.3 is 12.1 Å².